The Morgan fingerprint density at radius 3 is 2.89 bits per heavy atom. The van der Waals surface area contributed by atoms with E-state index in [9.17, 15) is 9.90 Å². The Kier molecular flexibility index (Phi) is 5.91. The van der Waals surface area contributed by atoms with Crippen LogP contribution in [0.5, 0.6) is 17.2 Å². The Bertz CT molecular complexity index is 997. The Labute approximate surface area is 161 Å². The SMILES string of the molecule is CCOc1cccc(C=NNC(=O)c2cc(-c3cccc(OC)c3)n[nH]2)c1O. The third kappa shape index (κ3) is 4.29. The van der Waals surface area contributed by atoms with E-state index in [0.29, 0.717) is 29.4 Å². The fourth-order valence-electron chi connectivity index (χ4n) is 2.50. The number of benzene rings is 2. The van der Waals surface area contributed by atoms with Gasteiger partial charge in [-0.1, -0.05) is 18.2 Å². The smallest absolute Gasteiger partial charge is 0.289 e. The average molecular weight is 380 g/mol. The van der Waals surface area contributed by atoms with Crippen molar-refractivity contribution in [2.75, 3.05) is 13.7 Å². The lowest BCUT2D eigenvalue weighted by molar-refractivity contribution is 0.0950. The van der Waals surface area contributed by atoms with Crippen LogP contribution in [0.2, 0.25) is 0 Å². The number of nitrogens with zero attached hydrogens (tertiary/aromatic N) is 2. The second-order valence-electron chi connectivity index (χ2n) is 5.72. The third-order valence-corrected chi connectivity index (χ3v) is 3.89. The summed E-state index contributed by atoms with van der Waals surface area (Å²) >= 11 is 0. The molecule has 0 saturated carbocycles. The summed E-state index contributed by atoms with van der Waals surface area (Å²) in [6.45, 7) is 2.25. The van der Waals surface area contributed by atoms with Crippen molar-refractivity contribution in [2.24, 2.45) is 5.10 Å². The molecule has 3 N–H and O–H groups in total. The van der Waals surface area contributed by atoms with Gasteiger partial charge in [0.1, 0.15) is 11.4 Å². The molecule has 8 heteroatoms. The van der Waals surface area contributed by atoms with E-state index in [1.54, 1.807) is 31.4 Å². The maximum absolute atomic E-state index is 12.2. The minimum absolute atomic E-state index is 0.0378. The van der Waals surface area contributed by atoms with Crippen LogP contribution in [0.25, 0.3) is 11.3 Å². The molecule has 0 atom stereocenters. The van der Waals surface area contributed by atoms with E-state index in [1.165, 1.54) is 6.21 Å². The van der Waals surface area contributed by atoms with Crippen molar-refractivity contribution in [2.45, 2.75) is 6.92 Å². The van der Waals surface area contributed by atoms with Crippen molar-refractivity contribution in [3.8, 4) is 28.5 Å². The minimum Gasteiger partial charge on any atom is -0.504 e. The summed E-state index contributed by atoms with van der Waals surface area (Å²) in [5, 5.41) is 20.8. The van der Waals surface area contributed by atoms with Gasteiger partial charge in [-0.25, -0.2) is 5.43 Å². The Morgan fingerprint density at radius 2 is 2.11 bits per heavy atom. The maximum Gasteiger partial charge on any atom is 0.289 e. The Morgan fingerprint density at radius 1 is 1.29 bits per heavy atom. The van der Waals surface area contributed by atoms with E-state index >= 15 is 0 Å². The number of aromatic nitrogens is 2. The van der Waals surface area contributed by atoms with Crippen LogP contribution < -0.4 is 14.9 Å². The van der Waals surface area contributed by atoms with Gasteiger partial charge in [0.2, 0.25) is 0 Å². The summed E-state index contributed by atoms with van der Waals surface area (Å²) in [4.78, 5) is 12.2. The predicted molar refractivity (Wildman–Crippen MR) is 105 cm³/mol. The molecule has 3 rings (SSSR count). The number of hydrogen-bond acceptors (Lipinski definition) is 6. The van der Waals surface area contributed by atoms with Gasteiger partial charge in [0, 0.05) is 11.1 Å². The topological polar surface area (TPSA) is 109 Å². The molecule has 1 heterocycles. The van der Waals surface area contributed by atoms with Crippen LogP contribution in [-0.2, 0) is 0 Å². The minimum atomic E-state index is -0.460. The summed E-state index contributed by atoms with van der Waals surface area (Å²) in [7, 11) is 1.59. The molecule has 3 aromatic rings. The standard InChI is InChI=1S/C20H20N4O4/c1-3-28-18-9-5-7-14(19(18)25)12-21-24-20(26)17-11-16(22-23-17)13-6-4-8-15(10-13)27-2/h4-12,25H,3H2,1-2H3,(H,22,23)(H,24,26). The number of hydrazone groups is 1. The largest absolute Gasteiger partial charge is 0.504 e. The highest BCUT2D eigenvalue weighted by Gasteiger charge is 2.11. The number of rotatable bonds is 7. The lowest BCUT2D eigenvalue weighted by Crippen LogP contribution is -2.18. The number of aromatic amines is 1. The van der Waals surface area contributed by atoms with Crippen LogP contribution >= 0.6 is 0 Å². The van der Waals surface area contributed by atoms with Crippen LogP contribution in [0.15, 0.2) is 53.6 Å². The first-order valence-corrected chi connectivity index (χ1v) is 8.60. The summed E-state index contributed by atoms with van der Waals surface area (Å²) < 4.78 is 10.5. The quantitative estimate of drug-likeness (QED) is 0.431. The summed E-state index contributed by atoms with van der Waals surface area (Å²) in [5.41, 5.74) is 4.49. The fraction of sp³-hybridized carbons (Fsp3) is 0.150. The lowest BCUT2D eigenvalue weighted by atomic mass is 10.1. The molecular formula is C20H20N4O4. The number of aromatic hydroxyl groups is 1. The highest BCUT2D eigenvalue weighted by molar-refractivity contribution is 5.94. The van der Waals surface area contributed by atoms with Crippen LogP contribution in [0, 0.1) is 0 Å². The zero-order valence-corrected chi connectivity index (χ0v) is 15.5. The van der Waals surface area contributed by atoms with Crippen molar-refractivity contribution in [1.29, 1.82) is 0 Å². The van der Waals surface area contributed by atoms with E-state index in [0.717, 1.165) is 5.56 Å². The van der Waals surface area contributed by atoms with Crippen molar-refractivity contribution in [3.05, 3.63) is 59.8 Å². The van der Waals surface area contributed by atoms with E-state index in [1.807, 2.05) is 31.2 Å². The molecule has 1 amide bonds. The zero-order chi connectivity index (χ0) is 19.9. The van der Waals surface area contributed by atoms with E-state index in [2.05, 4.69) is 20.7 Å². The van der Waals surface area contributed by atoms with Crippen LogP contribution in [0.4, 0.5) is 0 Å². The molecule has 0 aliphatic rings. The fourth-order valence-corrected chi connectivity index (χ4v) is 2.50. The van der Waals surface area contributed by atoms with Gasteiger partial charge in [-0.15, -0.1) is 0 Å². The van der Waals surface area contributed by atoms with Crippen molar-refractivity contribution >= 4 is 12.1 Å². The van der Waals surface area contributed by atoms with Gasteiger partial charge in [-0.05, 0) is 37.3 Å². The Balaban J connectivity index is 1.68. The maximum atomic E-state index is 12.2. The van der Waals surface area contributed by atoms with Crippen molar-refractivity contribution in [3.63, 3.8) is 0 Å². The van der Waals surface area contributed by atoms with Gasteiger partial charge in [-0.3, -0.25) is 9.89 Å². The number of nitrogens with one attached hydrogen (secondary N) is 2. The number of phenolic OH excluding ortho intramolecular Hbond substituents is 1. The van der Waals surface area contributed by atoms with Crippen LogP contribution in [-0.4, -0.2) is 41.1 Å². The number of para-hydroxylation sites is 1. The lowest BCUT2D eigenvalue weighted by Gasteiger charge is -2.07. The number of ether oxygens (including phenoxy) is 2. The molecule has 0 fully saturated rings. The molecule has 0 spiro atoms. The summed E-state index contributed by atoms with van der Waals surface area (Å²) in [5.74, 6) is 0.557. The first-order chi connectivity index (χ1) is 13.6. The summed E-state index contributed by atoms with van der Waals surface area (Å²) in [6, 6.07) is 14.0. The average Bonchev–Trinajstić information content (AvgIpc) is 3.21. The molecule has 0 aliphatic heterocycles. The molecule has 8 nitrogen and oxygen atoms in total. The van der Waals surface area contributed by atoms with Gasteiger partial charge in [-0.2, -0.15) is 10.2 Å². The first kappa shape index (κ1) is 19.0. The summed E-state index contributed by atoms with van der Waals surface area (Å²) in [6.07, 6.45) is 1.34. The molecular weight excluding hydrogens is 360 g/mol. The second-order valence-corrected chi connectivity index (χ2v) is 5.72. The highest BCUT2D eigenvalue weighted by atomic mass is 16.5. The number of H-pyrrole nitrogens is 1. The monoisotopic (exact) mass is 380 g/mol. The predicted octanol–water partition coefficient (Wildman–Crippen LogP) is 2.95. The molecule has 144 valence electrons. The van der Waals surface area contributed by atoms with Crippen LogP contribution in [0.1, 0.15) is 23.0 Å². The van der Waals surface area contributed by atoms with Gasteiger partial charge < -0.3 is 14.6 Å². The van der Waals surface area contributed by atoms with Crippen molar-refractivity contribution < 1.29 is 19.4 Å². The highest BCUT2D eigenvalue weighted by Crippen LogP contribution is 2.28. The molecule has 0 saturated heterocycles. The molecule has 0 aliphatic carbocycles. The molecule has 1 aromatic heterocycles. The number of amides is 1. The first-order valence-electron chi connectivity index (χ1n) is 8.60. The van der Waals surface area contributed by atoms with E-state index in [4.69, 9.17) is 9.47 Å². The molecule has 28 heavy (non-hydrogen) atoms. The number of methoxy groups -OCH3 is 1. The second kappa shape index (κ2) is 8.72. The Hall–Kier alpha value is -3.81. The number of carbonyl (C=O) groups is 1. The van der Waals surface area contributed by atoms with Gasteiger partial charge in [0.15, 0.2) is 11.5 Å². The van der Waals surface area contributed by atoms with Gasteiger partial charge >= 0.3 is 0 Å². The molecule has 0 radical (unpaired) electrons. The number of hydrogen-bond donors (Lipinski definition) is 3. The van der Waals surface area contributed by atoms with Gasteiger partial charge in [0.05, 0.1) is 25.6 Å². The third-order valence-electron chi connectivity index (χ3n) is 3.89. The molecule has 0 bridgehead atoms. The number of phenols is 1. The zero-order valence-electron chi connectivity index (χ0n) is 15.5. The normalized spacial score (nSPS) is 10.8. The van der Waals surface area contributed by atoms with Gasteiger partial charge in [0.25, 0.3) is 5.91 Å². The van der Waals surface area contributed by atoms with E-state index in [-0.39, 0.29) is 11.4 Å². The van der Waals surface area contributed by atoms with E-state index < -0.39 is 5.91 Å². The van der Waals surface area contributed by atoms with Crippen molar-refractivity contribution in [1.82, 2.24) is 15.6 Å². The molecule has 2 aromatic carbocycles. The number of carbonyl (C=O) groups excluding carboxylic acids is 1. The van der Waals surface area contributed by atoms with Crippen LogP contribution in [0.3, 0.4) is 0 Å². The molecule has 0 unspecified atom stereocenters.